The Bertz CT molecular complexity index is 2200. The number of hydrogen-bond acceptors (Lipinski definition) is 6. The standard InChI is InChI=1S/C43H40O6S2/c1-29-17-21-39(22-18-29)50(44,45)48-41-31(3)25-37(26-32(41)4)43(35-13-9-7-10-14-35,36-15-11-8-12-16-36)38-27-33(5)42(34(6)28-38)49-51(46,47)40-23-19-30(2)20-24-40/h7-28H,1-6H3. The summed E-state index contributed by atoms with van der Waals surface area (Å²) in [4.78, 5) is 0.160. The first-order valence-corrected chi connectivity index (χ1v) is 19.4. The van der Waals surface area contributed by atoms with Crippen molar-refractivity contribution in [3.63, 3.8) is 0 Å². The molecule has 0 N–H and O–H groups in total. The number of hydrogen-bond donors (Lipinski definition) is 0. The van der Waals surface area contributed by atoms with Crippen LogP contribution < -0.4 is 8.37 Å². The zero-order chi connectivity index (χ0) is 36.6. The summed E-state index contributed by atoms with van der Waals surface area (Å²) >= 11 is 0. The van der Waals surface area contributed by atoms with Crippen LogP contribution in [0.2, 0.25) is 0 Å². The maximum absolute atomic E-state index is 13.4. The molecule has 0 fully saturated rings. The zero-order valence-corrected chi connectivity index (χ0v) is 31.1. The van der Waals surface area contributed by atoms with E-state index in [1.165, 1.54) is 0 Å². The molecule has 0 bridgehead atoms. The van der Waals surface area contributed by atoms with Crippen molar-refractivity contribution in [3.8, 4) is 11.5 Å². The molecule has 0 heterocycles. The topological polar surface area (TPSA) is 86.7 Å². The maximum Gasteiger partial charge on any atom is 0.339 e. The van der Waals surface area contributed by atoms with Crippen LogP contribution in [0.25, 0.3) is 0 Å². The summed E-state index contributed by atoms with van der Waals surface area (Å²) in [5.41, 5.74) is 7.28. The lowest BCUT2D eigenvalue weighted by Crippen LogP contribution is -2.31. The van der Waals surface area contributed by atoms with E-state index in [2.05, 4.69) is 24.3 Å². The van der Waals surface area contributed by atoms with Crippen molar-refractivity contribution >= 4 is 20.2 Å². The predicted octanol–water partition coefficient (Wildman–Crippen LogP) is 9.46. The van der Waals surface area contributed by atoms with E-state index in [0.717, 1.165) is 33.4 Å². The van der Waals surface area contributed by atoms with Crippen LogP contribution in [0.5, 0.6) is 11.5 Å². The van der Waals surface area contributed by atoms with Crippen LogP contribution in [0.4, 0.5) is 0 Å². The van der Waals surface area contributed by atoms with Crippen molar-refractivity contribution in [3.05, 3.63) is 189 Å². The molecule has 0 spiro atoms. The van der Waals surface area contributed by atoms with Gasteiger partial charge in [-0.1, -0.05) is 120 Å². The lowest BCUT2D eigenvalue weighted by atomic mass is 9.64. The Hall–Kier alpha value is -5.18. The molecule has 0 unspecified atom stereocenters. The van der Waals surface area contributed by atoms with E-state index in [0.29, 0.717) is 22.3 Å². The van der Waals surface area contributed by atoms with Crippen LogP contribution in [0.1, 0.15) is 55.6 Å². The molecule has 6 aromatic carbocycles. The van der Waals surface area contributed by atoms with Crippen molar-refractivity contribution in [2.45, 2.75) is 56.7 Å². The SMILES string of the molecule is Cc1ccc(S(=O)(=O)Oc2c(C)cc(C(c3ccccc3)(c3ccccc3)c3cc(C)c(OS(=O)(=O)c4ccc(C)cc4)c(C)c3)cc2C)cc1. The highest BCUT2D eigenvalue weighted by Gasteiger charge is 2.40. The minimum absolute atomic E-state index is 0.0801. The third kappa shape index (κ3) is 6.94. The Kier molecular flexibility index (Phi) is 9.68. The van der Waals surface area contributed by atoms with Gasteiger partial charge in [0.2, 0.25) is 0 Å². The first-order valence-electron chi connectivity index (χ1n) is 16.6. The van der Waals surface area contributed by atoms with Crippen molar-refractivity contribution < 1.29 is 25.2 Å². The molecule has 0 saturated heterocycles. The van der Waals surface area contributed by atoms with E-state index >= 15 is 0 Å². The second-order valence-electron chi connectivity index (χ2n) is 13.1. The molecule has 0 atom stereocenters. The number of aryl methyl sites for hydroxylation is 6. The predicted molar refractivity (Wildman–Crippen MR) is 202 cm³/mol. The molecule has 51 heavy (non-hydrogen) atoms. The summed E-state index contributed by atoms with van der Waals surface area (Å²) in [6.45, 7) is 11.2. The smallest absolute Gasteiger partial charge is 0.339 e. The van der Waals surface area contributed by atoms with Gasteiger partial charge < -0.3 is 8.37 Å². The van der Waals surface area contributed by atoms with Crippen LogP contribution in [0.15, 0.2) is 143 Å². The van der Waals surface area contributed by atoms with Crippen LogP contribution in [0.3, 0.4) is 0 Å². The van der Waals surface area contributed by atoms with Crippen LogP contribution in [-0.4, -0.2) is 16.8 Å². The lowest BCUT2D eigenvalue weighted by molar-refractivity contribution is 0.480. The average molecular weight is 717 g/mol. The Labute approximate surface area is 301 Å². The highest BCUT2D eigenvalue weighted by atomic mass is 32.2. The quantitative estimate of drug-likeness (QED) is 0.104. The van der Waals surface area contributed by atoms with E-state index in [1.54, 1.807) is 48.5 Å². The van der Waals surface area contributed by atoms with Crippen molar-refractivity contribution in [2.75, 3.05) is 0 Å². The Morgan fingerprint density at radius 2 is 0.686 bits per heavy atom. The molecule has 6 rings (SSSR count). The molecule has 0 aliphatic heterocycles. The minimum Gasteiger partial charge on any atom is -0.378 e. The van der Waals surface area contributed by atoms with Gasteiger partial charge in [0.1, 0.15) is 21.3 Å². The molecule has 260 valence electrons. The van der Waals surface area contributed by atoms with Gasteiger partial charge in [-0.2, -0.15) is 16.8 Å². The summed E-state index contributed by atoms with van der Waals surface area (Å²) in [6, 6.07) is 41.2. The van der Waals surface area contributed by atoms with E-state index < -0.39 is 25.7 Å². The highest BCUT2D eigenvalue weighted by Crippen LogP contribution is 2.48. The minimum atomic E-state index is -4.10. The van der Waals surface area contributed by atoms with Gasteiger partial charge in [0.05, 0.1) is 5.41 Å². The Balaban J connectivity index is 1.55. The van der Waals surface area contributed by atoms with Crippen LogP contribution in [-0.2, 0) is 25.7 Å². The van der Waals surface area contributed by atoms with Crippen molar-refractivity contribution in [1.82, 2.24) is 0 Å². The maximum atomic E-state index is 13.4. The van der Waals surface area contributed by atoms with Gasteiger partial charge in [0.25, 0.3) is 0 Å². The van der Waals surface area contributed by atoms with Crippen molar-refractivity contribution in [2.24, 2.45) is 0 Å². The summed E-state index contributed by atoms with van der Waals surface area (Å²) in [7, 11) is -8.19. The molecular weight excluding hydrogens is 677 g/mol. The fraction of sp³-hybridized carbons (Fsp3) is 0.163. The molecule has 6 nitrogen and oxygen atoms in total. The van der Waals surface area contributed by atoms with Gasteiger partial charge in [0.15, 0.2) is 0 Å². The fourth-order valence-corrected chi connectivity index (χ4v) is 8.79. The molecule has 0 aromatic heterocycles. The van der Waals surface area contributed by atoms with E-state index in [1.807, 2.05) is 102 Å². The third-order valence-corrected chi connectivity index (χ3v) is 11.7. The molecule has 0 radical (unpaired) electrons. The fourth-order valence-electron chi connectivity index (χ4n) is 6.70. The Morgan fingerprint density at radius 1 is 0.392 bits per heavy atom. The first kappa shape index (κ1) is 35.6. The summed E-state index contributed by atoms with van der Waals surface area (Å²) in [6.07, 6.45) is 0. The second-order valence-corrected chi connectivity index (χ2v) is 16.2. The largest absolute Gasteiger partial charge is 0.378 e. The molecule has 0 amide bonds. The normalized spacial score (nSPS) is 12.0. The van der Waals surface area contributed by atoms with Gasteiger partial charge in [-0.3, -0.25) is 0 Å². The Morgan fingerprint density at radius 3 is 0.980 bits per heavy atom. The average Bonchev–Trinajstić information content (AvgIpc) is 3.10. The molecule has 0 aliphatic rings. The monoisotopic (exact) mass is 716 g/mol. The number of benzene rings is 6. The van der Waals surface area contributed by atoms with Gasteiger partial charge in [-0.05, 0) is 110 Å². The molecule has 8 heteroatoms. The number of rotatable bonds is 10. The van der Waals surface area contributed by atoms with Gasteiger partial charge in [0, 0.05) is 0 Å². The van der Waals surface area contributed by atoms with E-state index in [4.69, 9.17) is 8.37 Å². The van der Waals surface area contributed by atoms with Gasteiger partial charge >= 0.3 is 20.2 Å². The molecule has 0 saturated carbocycles. The van der Waals surface area contributed by atoms with Crippen LogP contribution >= 0.6 is 0 Å². The summed E-state index contributed by atoms with van der Waals surface area (Å²) in [5.74, 6) is 0.540. The van der Waals surface area contributed by atoms with Gasteiger partial charge in [-0.25, -0.2) is 0 Å². The zero-order valence-electron chi connectivity index (χ0n) is 29.5. The molecular formula is C43H40O6S2. The first-order chi connectivity index (χ1) is 24.2. The van der Waals surface area contributed by atoms with E-state index in [-0.39, 0.29) is 21.3 Å². The highest BCUT2D eigenvalue weighted by molar-refractivity contribution is 7.87. The molecule has 6 aromatic rings. The summed E-state index contributed by atoms with van der Waals surface area (Å²) in [5, 5.41) is 0. The second kappa shape index (κ2) is 13.9. The lowest BCUT2D eigenvalue weighted by Gasteiger charge is -2.38. The van der Waals surface area contributed by atoms with E-state index in [9.17, 15) is 16.8 Å². The third-order valence-electron chi connectivity index (χ3n) is 9.21. The molecule has 0 aliphatic carbocycles. The van der Waals surface area contributed by atoms with Crippen LogP contribution in [0, 0.1) is 41.5 Å². The summed E-state index contributed by atoms with van der Waals surface area (Å²) < 4.78 is 65.2. The van der Waals surface area contributed by atoms with Gasteiger partial charge in [-0.15, -0.1) is 0 Å². The van der Waals surface area contributed by atoms with Crippen molar-refractivity contribution in [1.29, 1.82) is 0 Å².